The summed E-state index contributed by atoms with van der Waals surface area (Å²) in [5, 5.41) is 0. The fourth-order valence-corrected chi connectivity index (χ4v) is 2.17. The highest BCUT2D eigenvalue weighted by atomic mass is 35.5. The van der Waals surface area contributed by atoms with Crippen LogP contribution in [0.5, 0.6) is 11.5 Å². The molecular weight excluding hydrogens is 268 g/mol. The van der Waals surface area contributed by atoms with Crippen LogP contribution in [0.4, 0.5) is 0 Å². The topological polar surface area (TPSA) is 9.23 Å². The summed E-state index contributed by atoms with van der Waals surface area (Å²) in [6.07, 6.45) is 1.12. The van der Waals surface area contributed by atoms with Gasteiger partial charge < -0.3 is 4.74 Å². The van der Waals surface area contributed by atoms with E-state index >= 15 is 0 Å². The van der Waals surface area contributed by atoms with E-state index < -0.39 is 0 Å². The summed E-state index contributed by atoms with van der Waals surface area (Å²) in [6.45, 7) is 6.72. The minimum atomic E-state index is 0.205. The van der Waals surface area contributed by atoms with Gasteiger partial charge >= 0.3 is 0 Å². The molecule has 0 radical (unpaired) electrons. The molecule has 0 fully saturated rings. The van der Waals surface area contributed by atoms with Gasteiger partial charge in [-0.05, 0) is 47.2 Å². The van der Waals surface area contributed by atoms with E-state index in [2.05, 4.69) is 32.9 Å². The largest absolute Gasteiger partial charge is 0.457 e. The van der Waals surface area contributed by atoms with E-state index in [9.17, 15) is 0 Å². The number of halogens is 1. The van der Waals surface area contributed by atoms with Crippen molar-refractivity contribution < 1.29 is 4.74 Å². The molecule has 0 spiro atoms. The maximum atomic E-state index is 5.86. The van der Waals surface area contributed by atoms with Crippen molar-refractivity contribution in [2.24, 2.45) is 0 Å². The Labute approximate surface area is 126 Å². The number of ether oxygens (including phenoxy) is 1. The molecule has 0 atom stereocenters. The summed E-state index contributed by atoms with van der Waals surface area (Å²) in [4.78, 5) is 0. The third-order valence-electron chi connectivity index (χ3n) is 3.81. The molecule has 0 bridgehead atoms. The summed E-state index contributed by atoms with van der Waals surface area (Å²) in [7, 11) is 0. The maximum absolute atomic E-state index is 5.86. The molecule has 0 saturated heterocycles. The highest BCUT2D eigenvalue weighted by Crippen LogP contribution is 2.29. The third kappa shape index (κ3) is 3.55. The molecule has 0 aliphatic heterocycles. The Hall–Kier alpha value is -1.47. The molecule has 0 N–H and O–H groups in total. The third-order valence-corrected chi connectivity index (χ3v) is 4.12. The molecule has 2 aromatic carbocycles. The van der Waals surface area contributed by atoms with E-state index in [0.717, 1.165) is 23.5 Å². The highest BCUT2D eigenvalue weighted by Gasteiger charge is 2.17. The first-order valence-electron chi connectivity index (χ1n) is 6.98. The van der Waals surface area contributed by atoms with E-state index in [1.807, 2.05) is 36.4 Å². The van der Waals surface area contributed by atoms with Gasteiger partial charge in [0, 0.05) is 5.88 Å². The Balaban J connectivity index is 2.14. The van der Waals surface area contributed by atoms with Gasteiger partial charge in [-0.1, -0.05) is 45.0 Å². The minimum Gasteiger partial charge on any atom is -0.457 e. The van der Waals surface area contributed by atoms with Crippen LogP contribution in [-0.2, 0) is 11.3 Å². The second-order valence-electron chi connectivity index (χ2n) is 5.64. The van der Waals surface area contributed by atoms with Crippen LogP contribution >= 0.6 is 11.6 Å². The molecule has 2 aromatic rings. The Morgan fingerprint density at radius 1 is 1.00 bits per heavy atom. The zero-order valence-electron chi connectivity index (χ0n) is 12.3. The molecule has 1 nitrogen and oxygen atoms in total. The molecule has 2 rings (SSSR count). The van der Waals surface area contributed by atoms with Gasteiger partial charge in [-0.2, -0.15) is 0 Å². The van der Waals surface area contributed by atoms with Crippen molar-refractivity contribution in [3.63, 3.8) is 0 Å². The van der Waals surface area contributed by atoms with E-state index in [1.54, 1.807) is 0 Å². The molecule has 0 aromatic heterocycles. The van der Waals surface area contributed by atoms with Crippen molar-refractivity contribution in [1.82, 2.24) is 0 Å². The predicted molar refractivity (Wildman–Crippen MR) is 85.8 cm³/mol. The normalized spacial score (nSPS) is 11.4. The fraction of sp³-hybridized carbons (Fsp3) is 0.333. The van der Waals surface area contributed by atoms with Gasteiger partial charge in [0.15, 0.2) is 0 Å². The SMILES string of the molecule is CCC(C)(C)c1ccc(Oc2cccc(CCl)c2)cc1. The van der Waals surface area contributed by atoms with Crippen LogP contribution in [0, 0.1) is 0 Å². The van der Waals surface area contributed by atoms with Crippen LogP contribution in [0.3, 0.4) is 0 Å². The quantitative estimate of drug-likeness (QED) is 0.622. The average molecular weight is 289 g/mol. The molecule has 2 heteroatoms. The zero-order chi connectivity index (χ0) is 14.6. The van der Waals surface area contributed by atoms with Crippen molar-refractivity contribution >= 4 is 11.6 Å². The van der Waals surface area contributed by atoms with Gasteiger partial charge in [0.05, 0.1) is 0 Å². The highest BCUT2D eigenvalue weighted by molar-refractivity contribution is 6.17. The van der Waals surface area contributed by atoms with Crippen molar-refractivity contribution in [2.75, 3.05) is 0 Å². The van der Waals surface area contributed by atoms with E-state index in [0.29, 0.717) is 5.88 Å². The number of benzene rings is 2. The summed E-state index contributed by atoms with van der Waals surface area (Å²) in [5.74, 6) is 2.18. The number of hydrogen-bond acceptors (Lipinski definition) is 1. The maximum Gasteiger partial charge on any atom is 0.127 e. The molecule has 0 amide bonds. The van der Waals surface area contributed by atoms with E-state index in [1.165, 1.54) is 5.56 Å². The molecule has 0 unspecified atom stereocenters. The van der Waals surface area contributed by atoms with Crippen LogP contribution in [0.2, 0.25) is 0 Å². The minimum absolute atomic E-state index is 0.205. The van der Waals surface area contributed by atoms with E-state index in [4.69, 9.17) is 16.3 Å². The summed E-state index contributed by atoms with van der Waals surface area (Å²) < 4.78 is 5.86. The average Bonchev–Trinajstić information content (AvgIpc) is 2.48. The smallest absolute Gasteiger partial charge is 0.127 e. The second kappa shape index (κ2) is 6.32. The van der Waals surface area contributed by atoms with E-state index in [-0.39, 0.29) is 5.41 Å². The lowest BCUT2D eigenvalue weighted by atomic mass is 9.82. The van der Waals surface area contributed by atoms with Crippen LogP contribution in [0.1, 0.15) is 38.3 Å². The van der Waals surface area contributed by atoms with Crippen molar-refractivity contribution in [3.8, 4) is 11.5 Å². The first-order valence-corrected chi connectivity index (χ1v) is 7.52. The Morgan fingerprint density at radius 3 is 2.30 bits per heavy atom. The standard InChI is InChI=1S/C18H21ClO/c1-4-18(2,3)15-8-10-16(11-9-15)20-17-7-5-6-14(12-17)13-19/h5-12H,4,13H2,1-3H3. The van der Waals surface area contributed by atoms with Gasteiger partial charge in [0.25, 0.3) is 0 Å². The van der Waals surface area contributed by atoms with Crippen LogP contribution in [0.25, 0.3) is 0 Å². The van der Waals surface area contributed by atoms with Gasteiger partial charge in [0.1, 0.15) is 11.5 Å². The lowest BCUT2D eigenvalue weighted by Crippen LogP contribution is -2.14. The summed E-state index contributed by atoms with van der Waals surface area (Å²) in [5.41, 5.74) is 2.60. The lowest BCUT2D eigenvalue weighted by Gasteiger charge is -2.23. The first kappa shape index (κ1) is 14.9. The molecule has 0 saturated carbocycles. The van der Waals surface area contributed by atoms with Crippen LogP contribution in [-0.4, -0.2) is 0 Å². The molecular formula is C18H21ClO. The summed E-state index contributed by atoms with van der Waals surface area (Å²) >= 11 is 5.83. The van der Waals surface area contributed by atoms with Gasteiger partial charge in [0.2, 0.25) is 0 Å². The molecule has 20 heavy (non-hydrogen) atoms. The van der Waals surface area contributed by atoms with Gasteiger partial charge in [-0.3, -0.25) is 0 Å². The van der Waals surface area contributed by atoms with Crippen LogP contribution in [0.15, 0.2) is 48.5 Å². The Bertz CT molecular complexity index is 558. The first-order chi connectivity index (χ1) is 9.55. The molecule has 0 aliphatic rings. The zero-order valence-corrected chi connectivity index (χ0v) is 13.1. The molecule has 106 valence electrons. The number of rotatable bonds is 5. The van der Waals surface area contributed by atoms with Crippen molar-refractivity contribution in [2.45, 2.75) is 38.5 Å². The lowest BCUT2D eigenvalue weighted by molar-refractivity contribution is 0.478. The molecule has 0 aliphatic carbocycles. The Morgan fingerprint density at radius 2 is 1.70 bits per heavy atom. The van der Waals surface area contributed by atoms with Gasteiger partial charge in [-0.15, -0.1) is 11.6 Å². The number of hydrogen-bond donors (Lipinski definition) is 0. The second-order valence-corrected chi connectivity index (χ2v) is 5.91. The molecule has 0 heterocycles. The van der Waals surface area contributed by atoms with Crippen molar-refractivity contribution in [1.29, 1.82) is 0 Å². The Kier molecular flexibility index (Phi) is 4.72. The van der Waals surface area contributed by atoms with Crippen molar-refractivity contribution in [3.05, 3.63) is 59.7 Å². The van der Waals surface area contributed by atoms with Gasteiger partial charge in [-0.25, -0.2) is 0 Å². The monoisotopic (exact) mass is 288 g/mol. The number of alkyl halides is 1. The predicted octanol–water partition coefficient (Wildman–Crippen LogP) is 5.91. The summed E-state index contributed by atoms with van der Waals surface area (Å²) in [6, 6.07) is 16.2. The fourth-order valence-electron chi connectivity index (χ4n) is 2.01. The van der Waals surface area contributed by atoms with Crippen LogP contribution < -0.4 is 4.74 Å².